The van der Waals surface area contributed by atoms with Crippen molar-refractivity contribution in [3.05, 3.63) is 76.7 Å². The Morgan fingerprint density at radius 1 is 1.14 bits per heavy atom. The SMILES string of the molecule is O=C(c1cc2cc[nH]c2cc1Cl)N1CCn2c(cnc2-c2ccc(F)cc2F)C1. The number of nitrogens with one attached hydrogen (secondary N) is 1. The van der Waals surface area contributed by atoms with E-state index < -0.39 is 11.6 Å². The normalized spacial score (nSPS) is 13.7. The van der Waals surface area contributed by atoms with Crippen LogP contribution in [0.5, 0.6) is 0 Å². The van der Waals surface area contributed by atoms with Gasteiger partial charge in [0.25, 0.3) is 5.91 Å². The number of carbonyl (C=O) groups excluding carboxylic acids is 1. The summed E-state index contributed by atoms with van der Waals surface area (Å²) in [5.41, 5.74) is 2.33. The highest BCUT2D eigenvalue weighted by atomic mass is 35.5. The molecule has 0 fully saturated rings. The van der Waals surface area contributed by atoms with Crippen molar-refractivity contribution >= 4 is 28.4 Å². The summed E-state index contributed by atoms with van der Waals surface area (Å²) in [6.07, 6.45) is 3.42. The molecule has 146 valence electrons. The highest BCUT2D eigenvalue weighted by Gasteiger charge is 2.26. The number of imidazole rings is 1. The van der Waals surface area contributed by atoms with Gasteiger partial charge in [0.15, 0.2) is 0 Å². The van der Waals surface area contributed by atoms with Crippen LogP contribution in [0.25, 0.3) is 22.3 Å². The first-order valence-corrected chi connectivity index (χ1v) is 9.45. The number of hydrogen-bond acceptors (Lipinski definition) is 2. The van der Waals surface area contributed by atoms with E-state index in [0.717, 1.165) is 22.7 Å². The minimum Gasteiger partial charge on any atom is -0.361 e. The maximum Gasteiger partial charge on any atom is 0.255 e. The summed E-state index contributed by atoms with van der Waals surface area (Å²) in [7, 11) is 0. The summed E-state index contributed by atoms with van der Waals surface area (Å²) >= 11 is 6.33. The van der Waals surface area contributed by atoms with Crippen molar-refractivity contribution in [2.45, 2.75) is 13.1 Å². The van der Waals surface area contributed by atoms with Gasteiger partial charge in [0, 0.05) is 36.3 Å². The molecule has 29 heavy (non-hydrogen) atoms. The fraction of sp³-hybridized carbons (Fsp3) is 0.143. The lowest BCUT2D eigenvalue weighted by Gasteiger charge is -2.29. The van der Waals surface area contributed by atoms with Crippen molar-refractivity contribution in [2.24, 2.45) is 0 Å². The predicted molar refractivity (Wildman–Crippen MR) is 106 cm³/mol. The van der Waals surface area contributed by atoms with Crippen molar-refractivity contribution in [2.75, 3.05) is 6.54 Å². The van der Waals surface area contributed by atoms with Gasteiger partial charge in [-0.25, -0.2) is 13.8 Å². The molecule has 0 saturated heterocycles. The van der Waals surface area contributed by atoms with Gasteiger partial charge in [0.1, 0.15) is 17.5 Å². The number of halogens is 3. The van der Waals surface area contributed by atoms with Gasteiger partial charge in [-0.1, -0.05) is 11.6 Å². The second-order valence-corrected chi connectivity index (χ2v) is 7.38. The summed E-state index contributed by atoms with van der Waals surface area (Å²) in [5.74, 6) is -1.04. The topological polar surface area (TPSA) is 53.9 Å². The van der Waals surface area contributed by atoms with Crippen LogP contribution in [0.4, 0.5) is 8.78 Å². The first kappa shape index (κ1) is 17.9. The zero-order valence-electron chi connectivity index (χ0n) is 15.1. The van der Waals surface area contributed by atoms with Gasteiger partial charge >= 0.3 is 0 Å². The lowest BCUT2D eigenvalue weighted by Crippen LogP contribution is -2.38. The third-order valence-corrected chi connectivity index (χ3v) is 5.53. The lowest BCUT2D eigenvalue weighted by atomic mass is 10.1. The monoisotopic (exact) mass is 412 g/mol. The van der Waals surface area contributed by atoms with Crippen LogP contribution >= 0.6 is 11.6 Å². The maximum absolute atomic E-state index is 14.2. The number of amides is 1. The van der Waals surface area contributed by atoms with Gasteiger partial charge in [-0.2, -0.15) is 0 Å². The van der Waals surface area contributed by atoms with E-state index >= 15 is 0 Å². The Hall–Kier alpha value is -3.19. The lowest BCUT2D eigenvalue weighted by molar-refractivity contribution is 0.0712. The summed E-state index contributed by atoms with van der Waals surface area (Å²) in [6.45, 7) is 1.22. The number of benzene rings is 2. The minimum absolute atomic E-state index is 0.167. The minimum atomic E-state index is -0.663. The molecule has 3 heterocycles. The highest BCUT2D eigenvalue weighted by Crippen LogP contribution is 2.29. The molecule has 0 atom stereocenters. The maximum atomic E-state index is 14.2. The number of H-pyrrole nitrogens is 1. The molecule has 5 rings (SSSR count). The van der Waals surface area contributed by atoms with E-state index in [4.69, 9.17) is 11.6 Å². The van der Waals surface area contributed by atoms with Crippen LogP contribution < -0.4 is 0 Å². The summed E-state index contributed by atoms with van der Waals surface area (Å²) < 4.78 is 29.3. The van der Waals surface area contributed by atoms with E-state index in [1.54, 1.807) is 29.4 Å². The molecule has 0 radical (unpaired) electrons. The van der Waals surface area contributed by atoms with Crippen LogP contribution in [0.3, 0.4) is 0 Å². The molecule has 1 aliphatic rings. The Morgan fingerprint density at radius 3 is 2.83 bits per heavy atom. The van der Waals surface area contributed by atoms with Crippen LogP contribution in [-0.4, -0.2) is 31.9 Å². The van der Waals surface area contributed by atoms with Crippen LogP contribution in [0.2, 0.25) is 5.02 Å². The average Bonchev–Trinajstić information content (AvgIpc) is 3.32. The number of carbonyl (C=O) groups is 1. The molecule has 8 heteroatoms. The van der Waals surface area contributed by atoms with E-state index in [1.807, 2.05) is 10.6 Å². The zero-order valence-corrected chi connectivity index (χ0v) is 15.9. The Kier molecular flexibility index (Phi) is 4.13. The molecule has 1 N–H and O–H groups in total. The Balaban J connectivity index is 1.45. The van der Waals surface area contributed by atoms with Crippen molar-refractivity contribution in [3.8, 4) is 11.4 Å². The van der Waals surface area contributed by atoms with E-state index in [1.165, 1.54) is 12.1 Å². The Morgan fingerprint density at radius 2 is 2.00 bits per heavy atom. The number of hydrogen-bond donors (Lipinski definition) is 1. The molecule has 0 aliphatic carbocycles. The second-order valence-electron chi connectivity index (χ2n) is 6.97. The number of nitrogens with zero attached hydrogens (tertiary/aromatic N) is 3. The smallest absolute Gasteiger partial charge is 0.255 e. The first-order chi connectivity index (χ1) is 14.0. The molecule has 5 nitrogen and oxygen atoms in total. The van der Waals surface area contributed by atoms with Crippen molar-refractivity contribution in [1.29, 1.82) is 0 Å². The third-order valence-electron chi connectivity index (χ3n) is 5.22. The van der Waals surface area contributed by atoms with E-state index in [-0.39, 0.29) is 11.5 Å². The molecule has 0 spiro atoms. The first-order valence-electron chi connectivity index (χ1n) is 9.07. The van der Waals surface area contributed by atoms with E-state index in [2.05, 4.69) is 9.97 Å². The second kappa shape index (κ2) is 6.70. The van der Waals surface area contributed by atoms with Gasteiger partial charge in [0.2, 0.25) is 0 Å². The van der Waals surface area contributed by atoms with Crippen LogP contribution in [0.1, 0.15) is 16.1 Å². The van der Waals surface area contributed by atoms with Gasteiger partial charge in [-0.3, -0.25) is 4.79 Å². The molecule has 2 aromatic carbocycles. The molecule has 0 unspecified atom stereocenters. The molecule has 1 aliphatic heterocycles. The van der Waals surface area contributed by atoms with Crippen LogP contribution in [0.15, 0.2) is 48.8 Å². The van der Waals surface area contributed by atoms with Crippen LogP contribution in [-0.2, 0) is 13.1 Å². The molecule has 0 bridgehead atoms. The van der Waals surface area contributed by atoms with Crippen LogP contribution in [0, 0.1) is 11.6 Å². The number of rotatable bonds is 2. The zero-order chi connectivity index (χ0) is 20.1. The molecule has 4 aromatic rings. The quantitative estimate of drug-likeness (QED) is 0.522. The van der Waals surface area contributed by atoms with E-state index in [0.29, 0.717) is 36.0 Å². The summed E-state index contributed by atoms with van der Waals surface area (Å²) in [6, 6.07) is 8.84. The number of aromatic amines is 1. The Bertz CT molecular complexity index is 1260. The van der Waals surface area contributed by atoms with Gasteiger partial charge in [-0.15, -0.1) is 0 Å². The van der Waals surface area contributed by atoms with Crippen molar-refractivity contribution < 1.29 is 13.6 Å². The average molecular weight is 413 g/mol. The fourth-order valence-corrected chi connectivity index (χ4v) is 3.99. The molecule has 1 amide bonds. The molecular weight excluding hydrogens is 398 g/mol. The highest BCUT2D eigenvalue weighted by molar-refractivity contribution is 6.34. The van der Waals surface area contributed by atoms with Gasteiger partial charge in [-0.05, 0) is 30.3 Å². The fourth-order valence-electron chi connectivity index (χ4n) is 3.75. The summed E-state index contributed by atoms with van der Waals surface area (Å²) in [4.78, 5) is 22.1. The Labute approximate surface area is 169 Å². The molecular formula is C21H15ClF2N4O. The van der Waals surface area contributed by atoms with E-state index in [9.17, 15) is 13.6 Å². The van der Waals surface area contributed by atoms with Crippen molar-refractivity contribution in [3.63, 3.8) is 0 Å². The number of fused-ring (bicyclic) bond motifs is 2. The summed E-state index contributed by atoms with van der Waals surface area (Å²) in [5, 5.41) is 1.30. The standard InChI is InChI=1S/C21H15ClF2N4O/c22-17-9-19-12(3-4-25-19)7-16(17)21(29)27-5-6-28-14(11-27)10-26-20(28)15-2-1-13(23)8-18(15)24/h1-4,7-10,25H,5-6,11H2. The van der Waals surface area contributed by atoms with Crippen molar-refractivity contribution in [1.82, 2.24) is 19.4 Å². The largest absolute Gasteiger partial charge is 0.361 e. The van der Waals surface area contributed by atoms with Gasteiger partial charge < -0.3 is 14.5 Å². The molecule has 0 saturated carbocycles. The predicted octanol–water partition coefficient (Wildman–Crippen LogP) is 4.62. The van der Waals surface area contributed by atoms with Gasteiger partial charge in [0.05, 0.1) is 34.6 Å². The molecule has 2 aromatic heterocycles. The third kappa shape index (κ3) is 2.98. The number of aromatic nitrogens is 3.